The number of carbonyl (C=O) groups excluding carboxylic acids is 2. The zero-order chi connectivity index (χ0) is 19.4. The van der Waals surface area contributed by atoms with E-state index in [0.717, 1.165) is 38.5 Å². The molecule has 3 rings (SSSR count). The van der Waals surface area contributed by atoms with Crippen molar-refractivity contribution < 1.29 is 9.59 Å². The molecule has 2 saturated carbocycles. The Morgan fingerprint density at radius 2 is 1.85 bits per heavy atom. The van der Waals surface area contributed by atoms with Gasteiger partial charge in [0.25, 0.3) is 5.91 Å². The van der Waals surface area contributed by atoms with E-state index in [2.05, 4.69) is 5.32 Å². The van der Waals surface area contributed by atoms with Crippen molar-refractivity contribution in [2.45, 2.75) is 69.9 Å². The Morgan fingerprint density at radius 1 is 1.11 bits per heavy atom. The third-order valence-corrected chi connectivity index (χ3v) is 6.31. The summed E-state index contributed by atoms with van der Waals surface area (Å²) in [6, 6.07) is 5.54. The molecule has 0 bridgehead atoms. The predicted molar refractivity (Wildman–Crippen MR) is 109 cm³/mol. The highest BCUT2D eigenvalue weighted by atomic mass is 35.5. The van der Waals surface area contributed by atoms with Crippen LogP contribution in [-0.2, 0) is 4.79 Å². The smallest absolute Gasteiger partial charge is 0.255 e. The molecule has 1 aromatic carbocycles. The van der Waals surface area contributed by atoms with Crippen LogP contribution in [0.25, 0.3) is 0 Å². The van der Waals surface area contributed by atoms with Gasteiger partial charge < -0.3 is 16.0 Å². The molecule has 0 aromatic heterocycles. The fourth-order valence-corrected chi connectivity index (χ4v) is 4.56. The molecule has 2 aliphatic rings. The molecule has 27 heavy (non-hydrogen) atoms. The maximum absolute atomic E-state index is 12.8. The van der Waals surface area contributed by atoms with Crippen LogP contribution in [0.3, 0.4) is 0 Å². The van der Waals surface area contributed by atoms with E-state index in [4.69, 9.17) is 17.3 Å². The van der Waals surface area contributed by atoms with Gasteiger partial charge in [0.15, 0.2) is 0 Å². The SMILES string of the molecule is CN(C(=O)c1ccc(NC(=O)C2CCCC(N)C2)cc1Cl)C1CCCCC1. The van der Waals surface area contributed by atoms with Crippen LogP contribution in [0.15, 0.2) is 18.2 Å². The third kappa shape index (κ3) is 5.02. The minimum absolute atomic E-state index is 0.0142. The lowest BCUT2D eigenvalue weighted by molar-refractivity contribution is -0.120. The van der Waals surface area contributed by atoms with Crippen LogP contribution in [0.4, 0.5) is 5.69 Å². The van der Waals surface area contributed by atoms with Gasteiger partial charge in [-0.1, -0.05) is 37.3 Å². The topological polar surface area (TPSA) is 75.4 Å². The second kappa shape index (κ2) is 9.07. The zero-order valence-electron chi connectivity index (χ0n) is 16.0. The van der Waals surface area contributed by atoms with Crippen molar-refractivity contribution in [2.24, 2.45) is 11.7 Å². The van der Waals surface area contributed by atoms with E-state index in [1.54, 1.807) is 18.2 Å². The van der Waals surface area contributed by atoms with Crippen molar-refractivity contribution in [3.63, 3.8) is 0 Å². The Bertz CT molecular complexity index is 688. The Morgan fingerprint density at radius 3 is 2.52 bits per heavy atom. The van der Waals surface area contributed by atoms with Gasteiger partial charge in [0, 0.05) is 30.7 Å². The first-order valence-corrected chi connectivity index (χ1v) is 10.5. The fourth-order valence-electron chi connectivity index (χ4n) is 4.30. The van der Waals surface area contributed by atoms with E-state index in [1.165, 1.54) is 19.3 Å². The van der Waals surface area contributed by atoms with Gasteiger partial charge >= 0.3 is 0 Å². The van der Waals surface area contributed by atoms with E-state index in [1.807, 2.05) is 11.9 Å². The third-order valence-electron chi connectivity index (χ3n) is 6.00. The van der Waals surface area contributed by atoms with Gasteiger partial charge in [0.05, 0.1) is 10.6 Å². The number of nitrogens with one attached hydrogen (secondary N) is 1. The fraction of sp³-hybridized carbons (Fsp3) is 0.619. The van der Waals surface area contributed by atoms with E-state index in [-0.39, 0.29) is 29.8 Å². The van der Waals surface area contributed by atoms with Gasteiger partial charge in [0.1, 0.15) is 0 Å². The Kier molecular flexibility index (Phi) is 6.77. The molecule has 2 atom stereocenters. The summed E-state index contributed by atoms with van der Waals surface area (Å²) in [7, 11) is 1.86. The molecule has 6 heteroatoms. The highest BCUT2D eigenvalue weighted by molar-refractivity contribution is 6.34. The van der Waals surface area contributed by atoms with Crippen LogP contribution < -0.4 is 11.1 Å². The lowest BCUT2D eigenvalue weighted by Gasteiger charge is -2.31. The van der Waals surface area contributed by atoms with Crippen LogP contribution in [-0.4, -0.2) is 35.8 Å². The molecule has 2 unspecified atom stereocenters. The normalized spacial score (nSPS) is 23.7. The maximum atomic E-state index is 12.8. The molecule has 0 spiro atoms. The van der Waals surface area contributed by atoms with Crippen molar-refractivity contribution in [1.82, 2.24) is 4.90 Å². The van der Waals surface area contributed by atoms with E-state index in [0.29, 0.717) is 16.3 Å². The van der Waals surface area contributed by atoms with Crippen LogP contribution in [0.2, 0.25) is 5.02 Å². The van der Waals surface area contributed by atoms with Gasteiger partial charge in [-0.2, -0.15) is 0 Å². The first-order chi connectivity index (χ1) is 13.0. The number of nitrogens with zero attached hydrogens (tertiary/aromatic N) is 1. The summed E-state index contributed by atoms with van der Waals surface area (Å²) >= 11 is 6.38. The van der Waals surface area contributed by atoms with Gasteiger partial charge in [-0.05, 0) is 50.3 Å². The van der Waals surface area contributed by atoms with Crippen LogP contribution >= 0.6 is 11.6 Å². The molecule has 0 aliphatic heterocycles. The first kappa shape index (κ1) is 20.2. The number of amides is 2. The molecule has 1 aromatic rings. The summed E-state index contributed by atoms with van der Waals surface area (Å²) in [5.74, 6) is -0.117. The molecule has 5 nitrogen and oxygen atoms in total. The van der Waals surface area contributed by atoms with Crippen molar-refractivity contribution in [3.8, 4) is 0 Å². The van der Waals surface area contributed by atoms with E-state index < -0.39 is 0 Å². The van der Waals surface area contributed by atoms with Crippen molar-refractivity contribution >= 4 is 29.1 Å². The molecule has 3 N–H and O–H groups in total. The molecule has 2 amide bonds. The predicted octanol–water partition coefficient (Wildman–Crippen LogP) is 4.20. The molecule has 0 heterocycles. The van der Waals surface area contributed by atoms with Crippen LogP contribution in [0.5, 0.6) is 0 Å². The average molecular weight is 392 g/mol. The van der Waals surface area contributed by atoms with Crippen molar-refractivity contribution in [3.05, 3.63) is 28.8 Å². The number of carbonyl (C=O) groups is 2. The summed E-state index contributed by atoms with van der Waals surface area (Å²) in [6.07, 6.45) is 9.27. The molecular formula is C21H30ClN3O2. The average Bonchev–Trinajstić information content (AvgIpc) is 2.67. The first-order valence-electron chi connectivity index (χ1n) is 10.1. The number of benzene rings is 1. The van der Waals surface area contributed by atoms with Crippen molar-refractivity contribution in [2.75, 3.05) is 12.4 Å². The minimum Gasteiger partial charge on any atom is -0.339 e. The van der Waals surface area contributed by atoms with Crippen molar-refractivity contribution in [1.29, 1.82) is 0 Å². The number of halogens is 1. The summed E-state index contributed by atoms with van der Waals surface area (Å²) < 4.78 is 0. The largest absolute Gasteiger partial charge is 0.339 e. The Hall–Kier alpha value is -1.59. The summed E-state index contributed by atoms with van der Waals surface area (Å²) in [5, 5.41) is 3.30. The lowest BCUT2D eigenvalue weighted by Crippen LogP contribution is -2.38. The summed E-state index contributed by atoms with van der Waals surface area (Å²) in [5.41, 5.74) is 7.09. The Balaban J connectivity index is 1.64. The number of hydrogen-bond donors (Lipinski definition) is 2. The van der Waals surface area contributed by atoms with E-state index >= 15 is 0 Å². The van der Waals surface area contributed by atoms with Gasteiger partial charge in [-0.3, -0.25) is 9.59 Å². The summed E-state index contributed by atoms with van der Waals surface area (Å²) in [6.45, 7) is 0. The molecule has 2 fully saturated rings. The number of rotatable bonds is 4. The second-order valence-corrected chi connectivity index (χ2v) is 8.42. The Labute approximate surface area is 166 Å². The standard InChI is InChI=1S/C21H30ClN3O2/c1-25(17-8-3-2-4-9-17)21(27)18-11-10-16(13-19(18)22)24-20(26)14-6-5-7-15(23)12-14/h10-11,13-15,17H,2-9,12,23H2,1H3,(H,24,26). The molecule has 2 aliphatic carbocycles. The second-order valence-electron chi connectivity index (χ2n) is 8.02. The molecule has 0 saturated heterocycles. The molecular weight excluding hydrogens is 362 g/mol. The van der Waals surface area contributed by atoms with Crippen LogP contribution in [0.1, 0.15) is 68.1 Å². The summed E-state index contributed by atoms with van der Waals surface area (Å²) in [4.78, 5) is 27.1. The molecule has 0 radical (unpaired) electrons. The van der Waals surface area contributed by atoms with Gasteiger partial charge in [-0.25, -0.2) is 0 Å². The highest BCUT2D eigenvalue weighted by Gasteiger charge is 2.27. The van der Waals surface area contributed by atoms with Gasteiger partial charge in [-0.15, -0.1) is 0 Å². The highest BCUT2D eigenvalue weighted by Crippen LogP contribution is 2.28. The quantitative estimate of drug-likeness (QED) is 0.807. The maximum Gasteiger partial charge on any atom is 0.255 e. The van der Waals surface area contributed by atoms with E-state index in [9.17, 15) is 9.59 Å². The number of nitrogens with two attached hydrogens (primary N) is 1. The van der Waals surface area contributed by atoms with Gasteiger partial charge in [0.2, 0.25) is 5.91 Å². The monoisotopic (exact) mass is 391 g/mol. The molecule has 148 valence electrons. The zero-order valence-corrected chi connectivity index (χ0v) is 16.8. The lowest BCUT2D eigenvalue weighted by atomic mass is 9.85. The number of hydrogen-bond acceptors (Lipinski definition) is 3. The minimum atomic E-state index is -0.0527. The number of anilines is 1. The van der Waals surface area contributed by atoms with Crippen LogP contribution in [0, 0.1) is 5.92 Å².